The van der Waals surface area contributed by atoms with Gasteiger partial charge in [-0.1, -0.05) is 23.2 Å². The Morgan fingerprint density at radius 1 is 1.26 bits per heavy atom. The summed E-state index contributed by atoms with van der Waals surface area (Å²) >= 11 is 12.1. The first-order valence-electron chi connectivity index (χ1n) is 7.31. The summed E-state index contributed by atoms with van der Waals surface area (Å²) in [4.78, 5) is 8.35. The van der Waals surface area contributed by atoms with E-state index in [9.17, 15) is 0 Å². The summed E-state index contributed by atoms with van der Waals surface area (Å²) in [6.45, 7) is 1.48. The highest BCUT2D eigenvalue weighted by molar-refractivity contribution is 6.36. The zero-order chi connectivity index (χ0) is 16.2. The van der Waals surface area contributed by atoms with Crippen molar-refractivity contribution in [2.75, 3.05) is 29.5 Å². The molecular formula is C15H17Cl2N5O. The molecule has 1 atom stereocenters. The average molecular weight is 354 g/mol. The van der Waals surface area contributed by atoms with Crippen LogP contribution >= 0.6 is 23.2 Å². The topological polar surface area (TPSA) is 85.1 Å². The number of rotatable bonds is 5. The number of nitrogens with zero attached hydrogens (tertiary/aromatic N) is 2. The van der Waals surface area contributed by atoms with Gasteiger partial charge < -0.3 is 21.1 Å². The van der Waals surface area contributed by atoms with Crippen molar-refractivity contribution < 1.29 is 4.74 Å². The van der Waals surface area contributed by atoms with Gasteiger partial charge in [0.25, 0.3) is 0 Å². The van der Waals surface area contributed by atoms with Gasteiger partial charge in [0.15, 0.2) is 11.6 Å². The van der Waals surface area contributed by atoms with Crippen LogP contribution in [0.1, 0.15) is 12.8 Å². The Labute approximate surface area is 144 Å². The lowest BCUT2D eigenvalue weighted by Crippen LogP contribution is -2.20. The van der Waals surface area contributed by atoms with Gasteiger partial charge in [0.2, 0.25) is 0 Å². The molecule has 23 heavy (non-hydrogen) atoms. The maximum absolute atomic E-state index is 6.16. The second-order valence-electron chi connectivity index (χ2n) is 5.25. The molecule has 2 heterocycles. The van der Waals surface area contributed by atoms with E-state index in [1.165, 1.54) is 6.33 Å². The van der Waals surface area contributed by atoms with Crippen LogP contribution in [-0.2, 0) is 4.74 Å². The number of nitrogen functional groups attached to an aromatic ring is 1. The fourth-order valence-electron chi connectivity index (χ4n) is 2.37. The summed E-state index contributed by atoms with van der Waals surface area (Å²) in [5.74, 6) is 1.06. The van der Waals surface area contributed by atoms with E-state index < -0.39 is 0 Å². The van der Waals surface area contributed by atoms with Gasteiger partial charge in [0, 0.05) is 18.2 Å². The zero-order valence-corrected chi connectivity index (χ0v) is 13.9. The number of hydrogen-bond acceptors (Lipinski definition) is 6. The summed E-state index contributed by atoms with van der Waals surface area (Å²) in [5, 5.41) is 7.36. The third-order valence-corrected chi connectivity index (χ3v) is 4.14. The molecule has 0 radical (unpaired) electrons. The minimum Gasteiger partial charge on any atom is -0.393 e. The molecule has 1 aliphatic rings. The molecule has 2 aromatic rings. The minimum absolute atomic E-state index is 0.200. The van der Waals surface area contributed by atoms with E-state index in [0.29, 0.717) is 39.6 Å². The molecule has 0 aliphatic carbocycles. The lowest BCUT2D eigenvalue weighted by atomic mass is 10.2. The number of nitrogens with one attached hydrogen (secondary N) is 2. The fourth-order valence-corrected chi connectivity index (χ4v) is 2.83. The van der Waals surface area contributed by atoms with Crippen molar-refractivity contribution in [1.82, 2.24) is 9.97 Å². The molecule has 1 fully saturated rings. The van der Waals surface area contributed by atoms with E-state index in [2.05, 4.69) is 20.6 Å². The van der Waals surface area contributed by atoms with Crippen molar-refractivity contribution in [2.24, 2.45) is 0 Å². The molecular weight excluding hydrogens is 337 g/mol. The van der Waals surface area contributed by atoms with Crippen molar-refractivity contribution in [3.8, 4) is 0 Å². The second kappa shape index (κ2) is 7.21. The molecule has 8 heteroatoms. The minimum atomic E-state index is 0.200. The van der Waals surface area contributed by atoms with Crippen LogP contribution < -0.4 is 16.4 Å². The molecule has 1 aliphatic heterocycles. The molecule has 1 aromatic heterocycles. The van der Waals surface area contributed by atoms with Gasteiger partial charge in [0.1, 0.15) is 12.0 Å². The van der Waals surface area contributed by atoms with E-state index in [-0.39, 0.29) is 6.10 Å². The first kappa shape index (κ1) is 16.1. The van der Waals surface area contributed by atoms with Crippen LogP contribution in [0.5, 0.6) is 0 Å². The van der Waals surface area contributed by atoms with Gasteiger partial charge >= 0.3 is 0 Å². The normalized spacial score (nSPS) is 17.2. The van der Waals surface area contributed by atoms with E-state index in [4.69, 9.17) is 33.7 Å². The fraction of sp³-hybridized carbons (Fsp3) is 0.333. The molecule has 1 saturated heterocycles. The van der Waals surface area contributed by atoms with E-state index in [1.54, 1.807) is 18.2 Å². The van der Waals surface area contributed by atoms with Gasteiger partial charge in [-0.3, -0.25) is 0 Å². The van der Waals surface area contributed by atoms with Crippen LogP contribution in [0, 0.1) is 0 Å². The van der Waals surface area contributed by atoms with Crippen molar-refractivity contribution in [1.29, 1.82) is 0 Å². The largest absolute Gasteiger partial charge is 0.393 e. The molecule has 1 unspecified atom stereocenters. The average Bonchev–Trinajstić information content (AvgIpc) is 3.04. The van der Waals surface area contributed by atoms with Crippen LogP contribution in [0.15, 0.2) is 24.5 Å². The molecule has 0 amide bonds. The molecule has 0 bridgehead atoms. The third-order valence-electron chi connectivity index (χ3n) is 3.59. The summed E-state index contributed by atoms with van der Waals surface area (Å²) in [6.07, 6.45) is 3.78. The lowest BCUT2D eigenvalue weighted by Gasteiger charge is -2.15. The monoisotopic (exact) mass is 353 g/mol. The Balaban J connectivity index is 1.73. The Morgan fingerprint density at radius 3 is 2.83 bits per heavy atom. The van der Waals surface area contributed by atoms with Crippen molar-refractivity contribution in [3.63, 3.8) is 0 Å². The Morgan fingerprint density at radius 2 is 2.09 bits per heavy atom. The molecule has 6 nitrogen and oxygen atoms in total. The van der Waals surface area contributed by atoms with Crippen LogP contribution in [0.4, 0.5) is 23.0 Å². The smallest absolute Gasteiger partial charge is 0.159 e. The number of ether oxygens (including phenoxy) is 1. The standard InChI is InChI=1S/C15H17Cl2N5O/c16-9-3-4-12(11(17)6-9)22-15-13(18)14(20-8-21-15)19-7-10-2-1-5-23-10/h3-4,6,8,10H,1-2,5,7,18H2,(H2,19,20,21,22). The summed E-state index contributed by atoms with van der Waals surface area (Å²) in [7, 11) is 0. The van der Waals surface area contributed by atoms with Crippen LogP contribution in [-0.4, -0.2) is 29.2 Å². The predicted octanol–water partition coefficient (Wildman–Crippen LogP) is 3.70. The van der Waals surface area contributed by atoms with Crippen molar-refractivity contribution >= 4 is 46.2 Å². The highest BCUT2D eigenvalue weighted by Gasteiger charge is 2.16. The summed E-state index contributed by atoms with van der Waals surface area (Å²) in [5.41, 5.74) is 7.24. The maximum atomic E-state index is 6.16. The van der Waals surface area contributed by atoms with Gasteiger partial charge in [-0.2, -0.15) is 0 Å². The predicted molar refractivity (Wildman–Crippen MR) is 93.7 cm³/mol. The van der Waals surface area contributed by atoms with Gasteiger partial charge in [-0.05, 0) is 31.0 Å². The zero-order valence-electron chi connectivity index (χ0n) is 12.4. The van der Waals surface area contributed by atoms with E-state index >= 15 is 0 Å². The van der Waals surface area contributed by atoms with Crippen molar-refractivity contribution in [3.05, 3.63) is 34.6 Å². The van der Waals surface area contributed by atoms with Gasteiger partial charge in [0.05, 0.1) is 16.8 Å². The Bertz CT molecular complexity index is 692. The maximum Gasteiger partial charge on any atom is 0.159 e. The molecule has 1 aromatic carbocycles. The number of nitrogens with two attached hydrogens (primary N) is 1. The van der Waals surface area contributed by atoms with E-state index in [1.807, 2.05) is 0 Å². The first-order chi connectivity index (χ1) is 11.1. The van der Waals surface area contributed by atoms with Crippen LogP contribution in [0.2, 0.25) is 10.0 Å². The van der Waals surface area contributed by atoms with Gasteiger partial charge in [-0.15, -0.1) is 0 Å². The number of benzene rings is 1. The quantitative estimate of drug-likeness (QED) is 0.759. The number of hydrogen-bond donors (Lipinski definition) is 3. The molecule has 0 saturated carbocycles. The molecule has 122 valence electrons. The first-order valence-corrected chi connectivity index (χ1v) is 8.07. The Kier molecular flexibility index (Phi) is 5.05. The molecule has 4 N–H and O–H groups in total. The Hall–Kier alpha value is -1.76. The molecule has 0 spiro atoms. The van der Waals surface area contributed by atoms with E-state index in [0.717, 1.165) is 19.4 Å². The van der Waals surface area contributed by atoms with Crippen LogP contribution in [0.25, 0.3) is 0 Å². The SMILES string of the molecule is Nc1c(NCC2CCCO2)ncnc1Nc1ccc(Cl)cc1Cl. The molecule has 3 rings (SSSR count). The summed E-state index contributed by atoms with van der Waals surface area (Å²) in [6, 6.07) is 5.16. The number of anilines is 4. The second-order valence-corrected chi connectivity index (χ2v) is 6.09. The summed E-state index contributed by atoms with van der Waals surface area (Å²) < 4.78 is 5.58. The number of halogens is 2. The lowest BCUT2D eigenvalue weighted by molar-refractivity contribution is 0.120. The van der Waals surface area contributed by atoms with Crippen molar-refractivity contribution in [2.45, 2.75) is 18.9 Å². The van der Waals surface area contributed by atoms with Gasteiger partial charge in [-0.25, -0.2) is 9.97 Å². The highest BCUT2D eigenvalue weighted by atomic mass is 35.5. The number of aromatic nitrogens is 2. The highest BCUT2D eigenvalue weighted by Crippen LogP contribution is 2.31. The van der Waals surface area contributed by atoms with Crippen LogP contribution in [0.3, 0.4) is 0 Å². The third kappa shape index (κ3) is 3.96.